The van der Waals surface area contributed by atoms with Crippen LogP contribution < -0.4 is 0 Å². The molecule has 3 rings (SSSR count). The lowest BCUT2D eigenvalue weighted by Crippen LogP contribution is -2.34. The van der Waals surface area contributed by atoms with Gasteiger partial charge >= 0.3 is 0 Å². The van der Waals surface area contributed by atoms with Gasteiger partial charge in [0.1, 0.15) is 5.76 Å². The number of ketones is 1. The van der Waals surface area contributed by atoms with Gasteiger partial charge in [0.2, 0.25) is 0 Å². The van der Waals surface area contributed by atoms with E-state index in [9.17, 15) is 4.79 Å². The van der Waals surface area contributed by atoms with E-state index < -0.39 is 0 Å². The summed E-state index contributed by atoms with van der Waals surface area (Å²) in [4.78, 5) is 15.2. The quantitative estimate of drug-likeness (QED) is 0.781. The number of likely N-dealkylation sites (tertiary alicyclic amines) is 1. The third kappa shape index (κ3) is 3.70. The van der Waals surface area contributed by atoms with Crippen molar-refractivity contribution >= 4 is 5.78 Å². The minimum Gasteiger partial charge on any atom is -0.396 e. The number of aromatic nitrogens is 2. The Bertz CT molecular complexity index is 747. The van der Waals surface area contributed by atoms with Gasteiger partial charge in [0, 0.05) is 35.7 Å². The molecule has 136 valence electrons. The summed E-state index contributed by atoms with van der Waals surface area (Å²) in [5, 5.41) is 13.1. The number of hydrogen-bond acceptors (Lipinski definition) is 5. The van der Waals surface area contributed by atoms with Crippen LogP contribution in [-0.2, 0) is 0 Å². The summed E-state index contributed by atoms with van der Waals surface area (Å²) < 4.78 is 7.14. The fourth-order valence-electron chi connectivity index (χ4n) is 3.88. The van der Waals surface area contributed by atoms with E-state index in [1.807, 2.05) is 37.5 Å². The van der Waals surface area contributed by atoms with Crippen LogP contribution >= 0.6 is 0 Å². The number of aryl methyl sites for hydroxylation is 2. The van der Waals surface area contributed by atoms with Crippen molar-refractivity contribution in [2.24, 2.45) is 0 Å². The van der Waals surface area contributed by atoms with E-state index in [1.54, 1.807) is 0 Å². The highest BCUT2D eigenvalue weighted by Crippen LogP contribution is 2.24. The first kappa shape index (κ1) is 17.9. The van der Waals surface area contributed by atoms with E-state index in [0.29, 0.717) is 18.4 Å². The molecule has 1 atom stereocenters. The van der Waals surface area contributed by atoms with E-state index in [-0.39, 0.29) is 12.4 Å². The fraction of sp³-hybridized carbons (Fsp3) is 0.579. The average molecular weight is 345 g/mol. The summed E-state index contributed by atoms with van der Waals surface area (Å²) in [5.41, 5.74) is 2.64. The van der Waals surface area contributed by atoms with E-state index in [0.717, 1.165) is 54.9 Å². The number of aliphatic hydroxyl groups is 1. The van der Waals surface area contributed by atoms with Crippen LogP contribution in [0.1, 0.15) is 53.2 Å². The second-order valence-electron chi connectivity index (χ2n) is 6.97. The molecule has 0 radical (unpaired) electrons. The predicted octanol–water partition coefficient (Wildman–Crippen LogP) is 2.81. The van der Waals surface area contributed by atoms with Crippen LogP contribution in [0, 0.1) is 20.8 Å². The number of Topliss-reactive ketones (excluding diaryl/α,β-unsaturated/α-hetero) is 1. The first-order chi connectivity index (χ1) is 12.0. The normalized spacial score (nSPS) is 18.2. The molecule has 6 nitrogen and oxygen atoms in total. The Morgan fingerprint density at radius 1 is 1.36 bits per heavy atom. The maximum Gasteiger partial charge on any atom is 0.180 e. The van der Waals surface area contributed by atoms with Gasteiger partial charge in [0.25, 0.3) is 0 Å². The van der Waals surface area contributed by atoms with Crippen LogP contribution in [-0.4, -0.2) is 51.3 Å². The van der Waals surface area contributed by atoms with E-state index in [4.69, 9.17) is 9.63 Å². The molecule has 0 amide bonds. The fourth-order valence-corrected chi connectivity index (χ4v) is 3.88. The van der Waals surface area contributed by atoms with Crippen LogP contribution in [0.15, 0.2) is 16.7 Å². The van der Waals surface area contributed by atoms with Gasteiger partial charge in [-0.15, -0.1) is 0 Å². The van der Waals surface area contributed by atoms with Crippen LogP contribution in [0.3, 0.4) is 0 Å². The molecule has 1 fully saturated rings. The smallest absolute Gasteiger partial charge is 0.180 e. The zero-order valence-corrected chi connectivity index (χ0v) is 15.3. The average Bonchev–Trinajstić information content (AvgIpc) is 3.26. The molecular formula is C19H27N3O3. The van der Waals surface area contributed by atoms with Gasteiger partial charge in [0.05, 0.1) is 6.54 Å². The predicted molar refractivity (Wildman–Crippen MR) is 95.3 cm³/mol. The number of rotatable bonds is 7. The van der Waals surface area contributed by atoms with Gasteiger partial charge < -0.3 is 9.63 Å². The van der Waals surface area contributed by atoms with Crippen molar-refractivity contribution in [1.82, 2.24) is 14.6 Å². The van der Waals surface area contributed by atoms with Gasteiger partial charge in [-0.05, 0) is 59.1 Å². The molecule has 1 N–H and O–H groups in total. The third-order valence-electron chi connectivity index (χ3n) is 5.12. The summed E-state index contributed by atoms with van der Waals surface area (Å²) in [7, 11) is 0. The lowest BCUT2D eigenvalue weighted by molar-refractivity contribution is 0.0915. The SMILES string of the molecule is Cc1cc(-n2c(C)cc(C(=O)CN3CCCC3CCCO)c2C)no1. The highest BCUT2D eigenvalue weighted by atomic mass is 16.5. The van der Waals surface area contributed by atoms with Crippen molar-refractivity contribution in [2.75, 3.05) is 19.7 Å². The van der Waals surface area contributed by atoms with Gasteiger partial charge in [-0.3, -0.25) is 14.3 Å². The molecule has 0 bridgehead atoms. The molecule has 6 heteroatoms. The first-order valence-electron chi connectivity index (χ1n) is 9.02. The van der Waals surface area contributed by atoms with E-state index >= 15 is 0 Å². The Kier molecular flexibility index (Phi) is 5.39. The van der Waals surface area contributed by atoms with Crippen LogP contribution in [0.2, 0.25) is 0 Å². The zero-order chi connectivity index (χ0) is 18.0. The summed E-state index contributed by atoms with van der Waals surface area (Å²) in [5.74, 6) is 1.61. The summed E-state index contributed by atoms with van der Waals surface area (Å²) in [6, 6.07) is 4.23. The molecule has 3 heterocycles. The molecule has 2 aromatic rings. The maximum atomic E-state index is 12.9. The number of carbonyl (C=O) groups is 1. The lowest BCUT2D eigenvalue weighted by Gasteiger charge is -2.23. The van der Waals surface area contributed by atoms with Gasteiger partial charge in [0.15, 0.2) is 11.6 Å². The molecule has 1 aliphatic heterocycles. The third-order valence-corrected chi connectivity index (χ3v) is 5.12. The topological polar surface area (TPSA) is 71.5 Å². The number of carbonyl (C=O) groups excluding carboxylic acids is 1. The second kappa shape index (κ2) is 7.54. The summed E-state index contributed by atoms with van der Waals surface area (Å²) in [6.07, 6.45) is 4.00. The molecule has 2 aromatic heterocycles. The van der Waals surface area contributed by atoms with Crippen LogP contribution in [0.25, 0.3) is 5.82 Å². The van der Waals surface area contributed by atoms with Gasteiger partial charge in [-0.1, -0.05) is 5.16 Å². The summed E-state index contributed by atoms with van der Waals surface area (Å²) >= 11 is 0. The highest BCUT2D eigenvalue weighted by molar-refractivity contribution is 5.99. The van der Waals surface area contributed by atoms with Crippen molar-refractivity contribution in [3.05, 3.63) is 34.8 Å². The standard InChI is InChI=1S/C19H27N3O3/c1-13-10-17(15(3)22(13)19-11-14(2)25-20-19)18(24)12-21-8-4-6-16(21)7-5-9-23/h10-11,16,23H,4-9,12H2,1-3H3. The van der Waals surface area contributed by atoms with E-state index in [2.05, 4.69) is 10.1 Å². The summed E-state index contributed by atoms with van der Waals surface area (Å²) in [6.45, 7) is 7.42. The van der Waals surface area contributed by atoms with Crippen molar-refractivity contribution < 1.29 is 14.4 Å². The molecule has 0 aromatic carbocycles. The molecule has 0 aliphatic carbocycles. The maximum absolute atomic E-state index is 12.9. The zero-order valence-electron chi connectivity index (χ0n) is 15.3. The van der Waals surface area contributed by atoms with Crippen molar-refractivity contribution in [1.29, 1.82) is 0 Å². The van der Waals surface area contributed by atoms with Gasteiger partial charge in [-0.2, -0.15) is 0 Å². The largest absolute Gasteiger partial charge is 0.396 e. The van der Waals surface area contributed by atoms with Gasteiger partial charge in [-0.25, -0.2) is 0 Å². The van der Waals surface area contributed by atoms with E-state index in [1.165, 1.54) is 0 Å². The van der Waals surface area contributed by atoms with Crippen molar-refractivity contribution in [2.45, 2.75) is 52.5 Å². The number of hydrogen-bond donors (Lipinski definition) is 1. The lowest BCUT2D eigenvalue weighted by atomic mass is 10.1. The molecule has 25 heavy (non-hydrogen) atoms. The molecular weight excluding hydrogens is 318 g/mol. The number of nitrogens with zero attached hydrogens (tertiary/aromatic N) is 3. The Labute approximate surface area is 148 Å². The Morgan fingerprint density at radius 3 is 2.84 bits per heavy atom. The Morgan fingerprint density at radius 2 is 2.16 bits per heavy atom. The Hall–Kier alpha value is -1.92. The molecule has 1 unspecified atom stereocenters. The van der Waals surface area contributed by atoms with Crippen molar-refractivity contribution in [3.8, 4) is 5.82 Å². The molecule has 0 spiro atoms. The second-order valence-corrected chi connectivity index (χ2v) is 6.97. The Balaban J connectivity index is 1.77. The molecule has 0 saturated carbocycles. The highest BCUT2D eigenvalue weighted by Gasteiger charge is 2.27. The van der Waals surface area contributed by atoms with Crippen LogP contribution in [0.5, 0.6) is 0 Å². The number of aliphatic hydroxyl groups excluding tert-OH is 1. The van der Waals surface area contributed by atoms with Crippen LogP contribution in [0.4, 0.5) is 0 Å². The molecule has 1 saturated heterocycles. The monoisotopic (exact) mass is 345 g/mol. The minimum atomic E-state index is 0.149. The first-order valence-corrected chi connectivity index (χ1v) is 9.02. The minimum absolute atomic E-state index is 0.149. The van der Waals surface area contributed by atoms with Crippen molar-refractivity contribution in [3.63, 3.8) is 0 Å². The molecule has 1 aliphatic rings.